The molecule has 4 aromatic carbocycles. The van der Waals surface area contributed by atoms with Crippen molar-refractivity contribution < 1.29 is 29.6 Å². The summed E-state index contributed by atoms with van der Waals surface area (Å²) in [6.07, 6.45) is 0. The van der Waals surface area contributed by atoms with Gasteiger partial charge in [0.25, 0.3) is 0 Å². The summed E-state index contributed by atoms with van der Waals surface area (Å²) in [5, 5.41) is 1.11. The number of aryl methyl sites for hydroxylation is 2. The van der Waals surface area contributed by atoms with E-state index in [4.69, 9.17) is 20.3 Å². The third-order valence-electron chi connectivity index (χ3n) is 6.06. The van der Waals surface area contributed by atoms with Crippen LogP contribution in [0.1, 0.15) is 11.1 Å². The fraction of sp³-hybridized carbons (Fsp3) is 0.107. The third-order valence-corrected chi connectivity index (χ3v) is 11.4. The Hall–Kier alpha value is -3.18. The lowest BCUT2D eigenvalue weighted by Crippen LogP contribution is -2.27. The van der Waals surface area contributed by atoms with Crippen LogP contribution in [0.2, 0.25) is 0 Å². The molecule has 0 saturated heterocycles. The Balaban J connectivity index is 1.90. The van der Waals surface area contributed by atoms with Crippen LogP contribution >= 0.6 is 22.5 Å². The second-order valence-electron chi connectivity index (χ2n) is 8.74. The van der Waals surface area contributed by atoms with Gasteiger partial charge in [-0.3, -0.25) is 0 Å². The van der Waals surface area contributed by atoms with E-state index in [0.717, 1.165) is 11.1 Å². The van der Waals surface area contributed by atoms with Crippen molar-refractivity contribution in [2.75, 3.05) is 0 Å². The molecule has 0 unspecified atom stereocenters. The van der Waals surface area contributed by atoms with Crippen molar-refractivity contribution in [3.63, 3.8) is 0 Å². The minimum atomic E-state index is -6.03. The van der Waals surface area contributed by atoms with Gasteiger partial charge in [0.15, 0.2) is 0 Å². The summed E-state index contributed by atoms with van der Waals surface area (Å²) in [6.45, 7) is 3.65. The van der Waals surface area contributed by atoms with Crippen LogP contribution in [0.3, 0.4) is 0 Å². The highest BCUT2D eigenvalue weighted by atomic mass is 32.3. The van der Waals surface area contributed by atoms with E-state index in [1.165, 1.54) is 6.07 Å². The van der Waals surface area contributed by atoms with E-state index < -0.39 is 25.9 Å². The predicted molar refractivity (Wildman–Crippen MR) is 145 cm³/mol. The first-order chi connectivity index (χ1) is 17.9. The number of para-hydroxylation sites is 1. The number of alkyl halides is 3. The highest BCUT2D eigenvalue weighted by Crippen LogP contribution is 2.71. The van der Waals surface area contributed by atoms with Gasteiger partial charge >= 0.3 is 15.6 Å². The molecule has 10 heteroatoms. The monoisotopic (exact) mass is 574 g/mol. The highest BCUT2D eigenvalue weighted by Gasteiger charge is 2.52. The van der Waals surface area contributed by atoms with E-state index in [9.17, 15) is 21.6 Å². The van der Waals surface area contributed by atoms with Gasteiger partial charge in [0.05, 0.1) is 4.51 Å². The fourth-order valence-corrected chi connectivity index (χ4v) is 9.17. The molecule has 0 atom stereocenters. The van der Waals surface area contributed by atoms with Gasteiger partial charge in [0, 0.05) is 25.5 Å². The SMILES string of the molecule is Cc1ccc(S(OS(=O)(=O)C(F)(F)F)(c2ccc(C)cc2)c2ccc3oc4ccccc4c(=S)c3c2)cc1. The minimum absolute atomic E-state index is 0.224. The maximum absolute atomic E-state index is 13.8. The molecule has 0 aliphatic rings. The van der Waals surface area contributed by atoms with Crippen molar-refractivity contribution in [1.29, 1.82) is 0 Å². The van der Waals surface area contributed by atoms with E-state index >= 15 is 0 Å². The molecule has 0 saturated carbocycles. The molecule has 0 aliphatic carbocycles. The van der Waals surface area contributed by atoms with Crippen molar-refractivity contribution in [3.05, 3.63) is 107 Å². The average Bonchev–Trinajstić information content (AvgIpc) is 2.88. The molecule has 0 N–H and O–H groups in total. The number of halogens is 3. The van der Waals surface area contributed by atoms with E-state index in [1.54, 1.807) is 84.9 Å². The Labute approximate surface area is 224 Å². The molecule has 5 aromatic rings. The summed E-state index contributed by atoms with van der Waals surface area (Å²) in [6, 6.07) is 25.1. The van der Waals surface area contributed by atoms with Crippen LogP contribution in [-0.4, -0.2) is 13.9 Å². The predicted octanol–water partition coefficient (Wildman–Crippen LogP) is 9.00. The largest absolute Gasteiger partial charge is 0.524 e. The van der Waals surface area contributed by atoms with E-state index in [-0.39, 0.29) is 14.7 Å². The van der Waals surface area contributed by atoms with Gasteiger partial charge in [-0.2, -0.15) is 25.2 Å². The maximum Gasteiger partial charge on any atom is 0.524 e. The Morgan fingerprint density at radius 1 is 0.711 bits per heavy atom. The minimum Gasteiger partial charge on any atom is -0.456 e. The van der Waals surface area contributed by atoms with E-state index in [1.807, 2.05) is 13.8 Å². The summed E-state index contributed by atoms with van der Waals surface area (Å²) >= 11 is 5.72. The lowest BCUT2D eigenvalue weighted by Gasteiger charge is -2.39. The van der Waals surface area contributed by atoms with Crippen LogP contribution in [0, 0.1) is 18.4 Å². The summed E-state index contributed by atoms with van der Waals surface area (Å²) in [5.41, 5.74) is -2.96. The Morgan fingerprint density at radius 2 is 1.21 bits per heavy atom. The van der Waals surface area contributed by atoms with Crippen molar-refractivity contribution in [2.24, 2.45) is 0 Å². The lowest BCUT2D eigenvalue weighted by atomic mass is 10.1. The van der Waals surface area contributed by atoms with Crippen LogP contribution in [0.4, 0.5) is 13.2 Å². The topological polar surface area (TPSA) is 56.5 Å². The second-order valence-corrected chi connectivity index (χ2v) is 13.6. The zero-order chi connectivity index (χ0) is 27.3. The zero-order valence-corrected chi connectivity index (χ0v) is 22.6. The van der Waals surface area contributed by atoms with Gasteiger partial charge in [-0.05, 0) is 78.8 Å². The number of hydrogen-bond acceptors (Lipinski definition) is 5. The molecule has 196 valence electrons. The van der Waals surface area contributed by atoms with Crippen LogP contribution in [0.5, 0.6) is 0 Å². The summed E-state index contributed by atoms with van der Waals surface area (Å²) in [4.78, 5) is 0.785. The third kappa shape index (κ3) is 4.51. The van der Waals surface area contributed by atoms with Crippen molar-refractivity contribution >= 4 is 54.6 Å². The molecular formula is C28H21F3O4S3. The Bertz CT molecular complexity index is 1780. The van der Waals surface area contributed by atoms with Crippen molar-refractivity contribution in [3.8, 4) is 0 Å². The van der Waals surface area contributed by atoms with Crippen LogP contribution < -0.4 is 0 Å². The molecule has 38 heavy (non-hydrogen) atoms. The molecule has 0 radical (unpaired) electrons. The normalized spacial score (nSPS) is 13.2. The smallest absolute Gasteiger partial charge is 0.456 e. The van der Waals surface area contributed by atoms with Crippen LogP contribution in [0.15, 0.2) is 110 Å². The number of benzene rings is 4. The number of hydrogen-bond donors (Lipinski definition) is 0. The van der Waals surface area contributed by atoms with Gasteiger partial charge in [0.2, 0.25) is 0 Å². The van der Waals surface area contributed by atoms with Gasteiger partial charge in [-0.15, -0.1) is 0 Å². The number of rotatable bonds is 5. The summed E-state index contributed by atoms with van der Waals surface area (Å²) < 4.78 is 78.5. The highest BCUT2D eigenvalue weighted by molar-refractivity contribution is 8.33. The summed E-state index contributed by atoms with van der Waals surface area (Å²) in [5.74, 6) is 0. The maximum atomic E-state index is 13.8. The van der Waals surface area contributed by atoms with Gasteiger partial charge in [-0.1, -0.05) is 59.7 Å². The molecule has 1 aromatic heterocycles. The summed E-state index contributed by atoms with van der Waals surface area (Å²) in [7, 11) is -9.49. The first kappa shape index (κ1) is 26.4. The molecule has 0 bridgehead atoms. The molecular weight excluding hydrogens is 553 g/mol. The molecule has 0 fully saturated rings. The second kappa shape index (κ2) is 9.53. The quantitative estimate of drug-likeness (QED) is 0.119. The first-order valence-electron chi connectivity index (χ1n) is 11.4. The fourth-order valence-electron chi connectivity index (χ4n) is 4.12. The average molecular weight is 575 g/mol. The standard InChI is InChI=1S/C28H21F3O4S3/c1-18-7-11-20(12-8-18)37(21-13-9-19(2)10-14-21,35-38(32,33)28(29,30)31)22-15-16-26-24(17-22)27(36)23-5-3-4-6-25(23)34-26/h3-17H,1-2H3. The van der Waals surface area contributed by atoms with Gasteiger partial charge in [-0.25, -0.2) is 0 Å². The molecule has 0 amide bonds. The molecule has 0 aliphatic heterocycles. The van der Waals surface area contributed by atoms with Gasteiger partial charge < -0.3 is 4.42 Å². The van der Waals surface area contributed by atoms with Crippen LogP contribution in [0.25, 0.3) is 21.9 Å². The van der Waals surface area contributed by atoms with Gasteiger partial charge in [0.1, 0.15) is 11.2 Å². The van der Waals surface area contributed by atoms with Crippen molar-refractivity contribution in [1.82, 2.24) is 0 Å². The van der Waals surface area contributed by atoms with Crippen molar-refractivity contribution in [2.45, 2.75) is 34.0 Å². The molecule has 1 heterocycles. The molecule has 0 spiro atoms. The van der Waals surface area contributed by atoms with E-state index in [2.05, 4.69) is 0 Å². The van der Waals surface area contributed by atoms with Crippen LogP contribution in [-0.2, 0) is 13.7 Å². The Morgan fingerprint density at radius 3 is 1.76 bits per heavy atom. The lowest BCUT2D eigenvalue weighted by molar-refractivity contribution is -0.0496. The molecule has 4 nitrogen and oxygen atoms in total. The molecule has 5 rings (SSSR count). The van der Waals surface area contributed by atoms with E-state index in [0.29, 0.717) is 26.4 Å². The number of fused-ring (bicyclic) bond motifs is 2. The Kier molecular flexibility index (Phi) is 6.63. The first-order valence-corrected chi connectivity index (χ1v) is 14.7. The zero-order valence-electron chi connectivity index (χ0n) is 20.2.